The molecule has 0 radical (unpaired) electrons. The zero-order valence-corrected chi connectivity index (χ0v) is 17.6. The van der Waals surface area contributed by atoms with Crippen molar-refractivity contribution in [2.24, 2.45) is 0 Å². The fraction of sp³-hybridized carbons (Fsp3) is 0.0455. The molecule has 0 atom stereocenters. The van der Waals surface area contributed by atoms with E-state index in [-0.39, 0.29) is 16.7 Å². The van der Waals surface area contributed by atoms with Gasteiger partial charge in [-0.3, -0.25) is 14.5 Å². The molecule has 1 saturated heterocycles. The SMILES string of the molecule is N#Cc1ccccc1-c1ccc(/C=C2/SC(=O)N(Cc3ccc(Cl)c(Cl)c3)C2=O)o1. The molecule has 30 heavy (non-hydrogen) atoms. The lowest BCUT2D eigenvalue weighted by Gasteiger charge is -2.12. The van der Waals surface area contributed by atoms with E-state index in [2.05, 4.69) is 6.07 Å². The molecule has 1 aliphatic heterocycles. The maximum Gasteiger partial charge on any atom is 0.293 e. The topological polar surface area (TPSA) is 74.3 Å². The summed E-state index contributed by atoms with van der Waals surface area (Å²) in [6, 6.07) is 17.6. The number of rotatable bonds is 4. The van der Waals surface area contributed by atoms with Crippen molar-refractivity contribution in [3.05, 3.63) is 86.4 Å². The van der Waals surface area contributed by atoms with E-state index < -0.39 is 5.91 Å². The number of amides is 2. The van der Waals surface area contributed by atoms with Gasteiger partial charge in [0.1, 0.15) is 11.5 Å². The zero-order chi connectivity index (χ0) is 21.3. The summed E-state index contributed by atoms with van der Waals surface area (Å²) < 4.78 is 5.79. The van der Waals surface area contributed by atoms with Gasteiger partial charge in [0.2, 0.25) is 0 Å². The van der Waals surface area contributed by atoms with E-state index in [9.17, 15) is 14.9 Å². The third-order valence-electron chi connectivity index (χ3n) is 4.41. The average molecular weight is 455 g/mol. The van der Waals surface area contributed by atoms with Crippen LogP contribution in [0.5, 0.6) is 0 Å². The molecule has 0 N–H and O–H groups in total. The second-order valence-electron chi connectivity index (χ2n) is 6.38. The van der Waals surface area contributed by atoms with Crippen LogP contribution in [0.3, 0.4) is 0 Å². The Labute approximate surface area is 186 Å². The predicted octanol–water partition coefficient (Wildman–Crippen LogP) is 6.36. The first-order valence-electron chi connectivity index (χ1n) is 8.75. The van der Waals surface area contributed by atoms with Gasteiger partial charge in [0.05, 0.1) is 33.1 Å². The number of furan rings is 1. The highest BCUT2D eigenvalue weighted by Crippen LogP contribution is 2.35. The molecular formula is C22H12Cl2N2O3S. The Morgan fingerprint density at radius 1 is 1.07 bits per heavy atom. The van der Waals surface area contributed by atoms with Crippen LogP contribution in [0.15, 0.2) is 63.9 Å². The Kier molecular flexibility index (Phi) is 5.69. The van der Waals surface area contributed by atoms with E-state index in [4.69, 9.17) is 27.6 Å². The largest absolute Gasteiger partial charge is 0.457 e. The summed E-state index contributed by atoms with van der Waals surface area (Å²) in [4.78, 5) is 26.5. The van der Waals surface area contributed by atoms with Crippen LogP contribution in [-0.4, -0.2) is 16.0 Å². The summed E-state index contributed by atoms with van der Waals surface area (Å²) in [5.74, 6) is 0.512. The van der Waals surface area contributed by atoms with Crippen molar-refractivity contribution in [3.63, 3.8) is 0 Å². The highest BCUT2D eigenvalue weighted by molar-refractivity contribution is 8.18. The first-order valence-corrected chi connectivity index (χ1v) is 10.3. The summed E-state index contributed by atoms with van der Waals surface area (Å²) in [6.45, 7) is 0.0951. The molecule has 0 bridgehead atoms. The van der Waals surface area contributed by atoms with Gasteiger partial charge in [0.25, 0.3) is 11.1 Å². The Morgan fingerprint density at radius 2 is 1.87 bits per heavy atom. The lowest BCUT2D eigenvalue weighted by Crippen LogP contribution is -2.27. The molecule has 1 aromatic heterocycles. The number of carbonyl (C=O) groups excluding carboxylic acids is 2. The number of carbonyl (C=O) groups is 2. The molecule has 0 saturated carbocycles. The Balaban J connectivity index is 1.56. The van der Waals surface area contributed by atoms with E-state index >= 15 is 0 Å². The molecule has 0 unspecified atom stereocenters. The molecule has 2 heterocycles. The molecule has 2 aromatic carbocycles. The second kappa shape index (κ2) is 8.41. The molecule has 0 aliphatic carbocycles. The van der Waals surface area contributed by atoms with Crippen molar-refractivity contribution in [1.29, 1.82) is 5.26 Å². The summed E-state index contributed by atoms with van der Waals surface area (Å²) in [7, 11) is 0. The van der Waals surface area contributed by atoms with Gasteiger partial charge in [-0.1, -0.05) is 41.4 Å². The van der Waals surface area contributed by atoms with Gasteiger partial charge < -0.3 is 4.42 Å². The molecule has 3 aromatic rings. The van der Waals surface area contributed by atoms with Crippen molar-refractivity contribution in [2.45, 2.75) is 6.54 Å². The number of nitrogens with zero attached hydrogens (tertiary/aromatic N) is 2. The van der Waals surface area contributed by atoms with Gasteiger partial charge >= 0.3 is 0 Å². The smallest absolute Gasteiger partial charge is 0.293 e. The fourth-order valence-corrected chi connectivity index (χ4v) is 4.10. The van der Waals surface area contributed by atoms with Crippen LogP contribution >= 0.6 is 35.0 Å². The van der Waals surface area contributed by atoms with Crippen molar-refractivity contribution in [2.75, 3.05) is 0 Å². The summed E-state index contributed by atoms with van der Waals surface area (Å²) in [5, 5.41) is 9.64. The molecule has 148 valence electrons. The predicted molar refractivity (Wildman–Crippen MR) is 117 cm³/mol. The molecule has 0 spiro atoms. The van der Waals surface area contributed by atoms with Crippen LogP contribution in [0.1, 0.15) is 16.9 Å². The van der Waals surface area contributed by atoms with Crippen LogP contribution in [0, 0.1) is 11.3 Å². The maximum absolute atomic E-state index is 12.7. The van der Waals surface area contributed by atoms with Gasteiger partial charge in [-0.25, -0.2) is 0 Å². The normalized spacial score (nSPS) is 15.1. The molecule has 4 rings (SSSR count). The first-order chi connectivity index (χ1) is 14.5. The number of nitriles is 1. The Hall–Kier alpha value is -2.98. The van der Waals surface area contributed by atoms with Gasteiger partial charge in [0, 0.05) is 11.6 Å². The van der Waals surface area contributed by atoms with E-state index in [1.807, 2.05) is 6.07 Å². The van der Waals surface area contributed by atoms with Gasteiger partial charge in [-0.2, -0.15) is 5.26 Å². The standard InChI is InChI=1S/C22H12Cl2N2O3S/c23-17-7-5-13(9-18(17)24)12-26-21(27)20(30-22(26)28)10-15-6-8-19(29-15)16-4-2-1-3-14(16)11-25/h1-10H,12H2/b20-10+. The second-order valence-corrected chi connectivity index (χ2v) is 8.18. The number of halogens is 2. The summed E-state index contributed by atoms with van der Waals surface area (Å²) in [5.41, 5.74) is 1.84. The van der Waals surface area contributed by atoms with Crippen molar-refractivity contribution < 1.29 is 14.0 Å². The minimum absolute atomic E-state index is 0.0951. The minimum atomic E-state index is -0.411. The van der Waals surface area contributed by atoms with Crippen LogP contribution in [0.4, 0.5) is 4.79 Å². The summed E-state index contributed by atoms with van der Waals surface area (Å²) in [6.07, 6.45) is 1.53. The van der Waals surface area contributed by atoms with Crippen molar-refractivity contribution in [1.82, 2.24) is 4.90 Å². The number of benzene rings is 2. The number of thioether (sulfide) groups is 1. The highest BCUT2D eigenvalue weighted by Gasteiger charge is 2.35. The third-order valence-corrected chi connectivity index (χ3v) is 6.06. The monoisotopic (exact) mass is 454 g/mol. The average Bonchev–Trinajstić information content (AvgIpc) is 3.31. The van der Waals surface area contributed by atoms with Crippen LogP contribution < -0.4 is 0 Å². The van der Waals surface area contributed by atoms with Crippen molar-refractivity contribution in [3.8, 4) is 17.4 Å². The lowest BCUT2D eigenvalue weighted by molar-refractivity contribution is -0.123. The van der Waals surface area contributed by atoms with Crippen LogP contribution in [0.2, 0.25) is 10.0 Å². The minimum Gasteiger partial charge on any atom is -0.457 e. The van der Waals surface area contributed by atoms with E-state index in [0.717, 1.165) is 16.7 Å². The maximum atomic E-state index is 12.7. The third kappa shape index (κ3) is 4.01. The number of imide groups is 1. The fourth-order valence-electron chi connectivity index (χ4n) is 2.96. The van der Waals surface area contributed by atoms with E-state index in [0.29, 0.717) is 38.3 Å². The van der Waals surface area contributed by atoms with Gasteiger partial charge in [-0.05, 0) is 53.7 Å². The number of hydrogen-bond donors (Lipinski definition) is 0. The molecule has 1 aliphatic rings. The van der Waals surface area contributed by atoms with E-state index in [1.54, 1.807) is 48.5 Å². The Bertz CT molecular complexity index is 1240. The Morgan fingerprint density at radius 3 is 2.63 bits per heavy atom. The van der Waals surface area contributed by atoms with Crippen LogP contribution in [-0.2, 0) is 11.3 Å². The van der Waals surface area contributed by atoms with Crippen molar-refractivity contribution >= 4 is 52.2 Å². The first kappa shape index (κ1) is 20.3. The molecule has 5 nitrogen and oxygen atoms in total. The molecule has 2 amide bonds. The molecule has 1 fully saturated rings. The van der Waals surface area contributed by atoms with Gasteiger partial charge in [-0.15, -0.1) is 0 Å². The van der Waals surface area contributed by atoms with Gasteiger partial charge in [0.15, 0.2) is 0 Å². The highest BCUT2D eigenvalue weighted by atomic mass is 35.5. The molecular weight excluding hydrogens is 443 g/mol. The molecule has 8 heteroatoms. The van der Waals surface area contributed by atoms with Crippen LogP contribution in [0.25, 0.3) is 17.4 Å². The number of hydrogen-bond acceptors (Lipinski definition) is 5. The lowest BCUT2D eigenvalue weighted by atomic mass is 10.1. The summed E-state index contributed by atoms with van der Waals surface area (Å²) >= 11 is 12.8. The zero-order valence-electron chi connectivity index (χ0n) is 15.3. The quantitative estimate of drug-likeness (QED) is 0.428. The van der Waals surface area contributed by atoms with E-state index in [1.165, 1.54) is 6.08 Å².